The van der Waals surface area contributed by atoms with Crippen molar-refractivity contribution in [1.29, 1.82) is 0 Å². The van der Waals surface area contributed by atoms with E-state index in [1.165, 1.54) is 12.4 Å². The first-order valence-corrected chi connectivity index (χ1v) is 6.47. The molecule has 2 rings (SSSR count). The van der Waals surface area contributed by atoms with Gasteiger partial charge in [0, 0.05) is 7.05 Å². The lowest BCUT2D eigenvalue weighted by Gasteiger charge is -2.11. The Balaban J connectivity index is 2.03. The number of anilines is 1. The molecule has 0 bridgehead atoms. The van der Waals surface area contributed by atoms with Crippen LogP contribution >= 0.6 is 11.3 Å². The molecule has 2 aromatic rings. The molecule has 1 unspecified atom stereocenters. The zero-order valence-electron chi connectivity index (χ0n) is 10.2. The number of nitrogens with one attached hydrogen (secondary N) is 2. The number of hydrogen-bond acceptors (Lipinski definition) is 5. The van der Waals surface area contributed by atoms with Crippen molar-refractivity contribution in [2.45, 2.75) is 13.0 Å². The average molecular weight is 262 g/mol. The van der Waals surface area contributed by atoms with Gasteiger partial charge >= 0.3 is 0 Å². The van der Waals surface area contributed by atoms with Crippen LogP contribution in [0.15, 0.2) is 29.2 Å². The van der Waals surface area contributed by atoms with Crippen molar-refractivity contribution >= 4 is 23.1 Å². The predicted octanol–water partition coefficient (Wildman–Crippen LogP) is 2.07. The number of amides is 1. The highest BCUT2D eigenvalue weighted by Gasteiger charge is 2.13. The molecule has 18 heavy (non-hydrogen) atoms. The largest absolute Gasteiger partial charge is 0.372 e. The summed E-state index contributed by atoms with van der Waals surface area (Å²) in [5.74, 6) is 0.418. The van der Waals surface area contributed by atoms with E-state index in [0.717, 1.165) is 5.56 Å². The maximum atomic E-state index is 11.9. The third kappa shape index (κ3) is 2.84. The summed E-state index contributed by atoms with van der Waals surface area (Å²) in [5, 5.41) is 9.73. The highest BCUT2D eigenvalue weighted by Crippen LogP contribution is 2.15. The van der Waals surface area contributed by atoms with Crippen LogP contribution in [0, 0.1) is 0 Å². The molecule has 6 heteroatoms. The Kier molecular flexibility index (Phi) is 3.88. The molecule has 94 valence electrons. The highest BCUT2D eigenvalue weighted by atomic mass is 32.1. The highest BCUT2D eigenvalue weighted by molar-refractivity contribution is 7.07. The van der Waals surface area contributed by atoms with Gasteiger partial charge in [-0.25, -0.2) is 9.97 Å². The Hall–Kier alpha value is -1.95. The van der Waals surface area contributed by atoms with Crippen molar-refractivity contribution < 1.29 is 4.79 Å². The minimum absolute atomic E-state index is 0.0328. The SMILES string of the molecule is CNc1cnc(C(=O)NC(C)c2ccsc2)cn1. The second-order valence-corrected chi connectivity index (χ2v) is 4.57. The van der Waals surface area contributed by atoms with Gasteiger partial charge in [-0.1, -0.05) is 0 Å². The number of carbonyl (C=O) groups is 1. The maximum Gasteiger partial charge on any atom is 0.271 e. The van der Waals surface area contributed by atoms with E-state index in [9.17, 15) is 4.79 Å². The van der Waals surface area contributed by atoms with Gasteiger partial charge in [-0.2, -0.15) is 11.3 Å². The van der Waals surface area contributed by atoms with Gasteiger partial charge in [0.2, 0.25) is 0 Å². The molecule has 0 aromatic carbocycles. The molecule has 0 saturated carbocycles. The molecule has 0 radical (unpaired) electrons. The van der Waals surface area contributed by atoms with Crippen LogP contribution in [0.1, 0.15) is 29.0 Å². The van der Waals surface area contributed by atoms with E-state index in [2.05, 4.69) is 20.6 Å². The number of thiophene rings is 1. The zero-order valence-corrected chi connectivity index (χ0v) is 11.0. The third-order valence-electron chi connectivity index (χ3n) is 2.53. The lowest BCUT2D eigenvalue weighted by atomic mass is 10.2. The third-order valence-corrected chi connectivity index (χ3v) is 3.23. The fourth-order valence-electron chi connectivity index (χ4n) is 1.45. The lowest BCUT2D eigenvalue weighted by Crippen LogP contribution is -2.27. The Morgan fingerprint density at radius 2 is 2.22 bits per heavy atom. The zero-order chi connectivity index (χ0) is 13.0. The van der Waals surface area contributed by atoms with E-state index in [1.807, 2.05) is 23.8 Å². The van der Waals surface area contributed by atoms with Gasteiger partial charge < -0.3 is 10.6 Å². The van der Waals surface area contributed by atoms with Gasteiger partial charge in [-0.3, -0.25) is 4.79 Å². The van der Waals surface area contributed by atoms with Gasteiger partial charge in [0.1, 0.15) is 11.5 Å². The monoisotopic (exact) mass is 262 g/mol. The van der Waals surface area contributed by atoms with Gasteiger partial charge in [-0.15, -0.1) is 0 Å². The number of nitrogens with zero attached hydrogens (tertiary/aromatic N) is 2. The normalized spacial score (nSPS) is 11.9. The van der Waals surface area contributed by atoms with Crippen molar-refractivity contribution in [2.75, 3.05) is 12.4 Å². The van der Waals surface area contributed by atoms with Crippen LogP contribution in [0.4, 0.5) is 5.82 Å². The first-order valence-electron chi connectivity index (χ1n) is 5.53. The van der Waals surface area contributed by atoms with Crippen LogP contribution in [0.5, 0.6) is 0 Å². The summed E-state index contributed by atoms with van der Waals surface area (Å²) in [6.07, 6.45) is 2.99. The van der Waals surface area contributed by atoms with E-state index in [4.69, 9.17) is 0 Å². The van der Waals surface area contributed by atoms with Crippen molar-refractivity contribution in [2.24, 2.45) is 0 Å². The number of hydrogen-bond donors (Lipinski definition) is 2. The Morgan fingerprint density at radius 3 is 2.78 bits per heavy atom. The molecule has 2 heterocycles. The summed E-state index contributed by atoms with van der Waals surface area (Å²) in [6, 6.07) is 1.96. The number of aromatic nitrogens is 2. The first-order chi connectivity index (χ1) is 8.70. The molecule has 0 fully saturated rings. The standard InChI is InChI=1S/C12H14N4OS/c1-8(9-3-4-18-7-9)16-12(17)10-5-15-11(13-2)6-14-10/h3-8H,1-2H3,(H,13,15)(H,16,17). The molecule has 2 N–H and O–H groups in total. The van der Waals surface area contributed by atoms with Crippen LogP contribution in [-0.2, 0) is 0 Å². The molecule has 0 aliphatic carbocycles. The Bertz CT molecular complexity index is 509. The second-order valence-electron chi connectivity index (χ2n) is 3.79. The maximum absolute atomic E-state index is 11.9. The van der Waals surface area contributed by atoms with Crippen LogP contribution in [0.3, 0.4) is 0 Å². The van der Waals surface area contributed by atoms with Crippen molar-refractivity contribution in [1.82, 2.24) is 15.3 Å². The predicted molar refractivity (Wildman–Crippen MR) is 71.8 cm³/mol. The molecule has 1 amide bonds. The van der Waals surface area contributed by atoms with Crippen LogP contribution in [0.25, 0.3) is 0 Å². The van der Waals surface area contributed by atoms with Crippen molar-refractivity contribution in [3.8, 4) is 0 Å². The van der Waals surface area contributed by atoms with Crippen molar-refractivity contribution in [3.05, 3.63) is 40.5 Å². The molecule has 5 nitrogen and oxygen atoms in total. The minimum atomic E-state index is -0.219. The fraction of sp³-hybridized carbons (Fsp3) is 0.250. The van der Waals surface area contributed by atoms with Crippen LogP contribution < -0.4 is 10.6 Å². The minimum Gasteiger partial charge on any atom is -0.372 e. The summed E-state index contributed by atoms with van der Waals surface area (Å²) in [4.78, 5) is 20.0. The Labute approximate surface area is 109 Å². The molecule has 2 aromatic heterocycles. The van der Waals surface area contributed by atoms with Gasteiger partial charge in [0.25, 0.3) is 5.91 Å². The fourth-order valence-corrected chi connectivity index (χ4v) is 2.20. The quantitative estimate of drug-likeness (QED) is 0.885. The van der Waals surface area contributed by atoms with E-state index in [-0.39, 0.29) is 11.9 Å². The second kappa shape index (κ2) is 5.59. The van der Waals surface area contributed by atoms with Crippen LogP contribution in [-0.4, -0.2) is 22.9 Å². The number of rotatable bonds is 4. The summed E-state index contributed by atoms with van der Waals surface area (Å²) < 4.78 is 0. The summed E-state index contributed by atoms with van der Waals surface area (Å²) >= 11 is 1.61. The van der Waals surface area contributed by atoms with Crippen LogP contribution in [0.2, 0.25) is 0 Å². The molecular weight excluding hydrogens is 248 g/mol. The molecule has 0 spiro atoms. The summed E-state index contributed by atoms with van der Waals surface area (Å²) in [7, 11) is 1.75. The van der Waals surface area contributed by atoms with E-state index >= 15 is 0 Å². The number of carbonyl (C=O) groups excluding carboxylic acids is 1. The van der Waals surface area contributed by atoms with Crippen molar-refractivity contribution in [3.63, 3.8) is 0 Å². The topological polar surface area (TPSA) is 66.9 Å². The van der Waals surface area contributed by atoms with E-state index in [1.54, 1.807) is 18.4 Å². The summed E-state index contributed by atoms with van der Waals surface area (Å²) in [5.41, 5.74) is 1.41. The van der Waals surface area contributed by atoms with E-state index in [0.29, 0.717) is 11.5 Å². The van der Waals surface area contributed by atoms with Gasteiger partial charge in [-0.05, 0) is 29.3 Å². The van der Waals surface area contributed by atoms with Gasteiger partial charge in [0.05, 0.1) is 18.4 Å². The Morgan fingerprint density at radius 1 is 1.39 bits per heavy atom. The van der Waals surface area contributed by atoms with E-state index < -0.39 is 0 Å². The van der Waals surface area contributed by atoms with Gasteiger partial charge in [0.15, 0.2) is 0 Å². The smallest absolute Gasteiger partial charge is 0.271 e. The first kappa shape index (κ1) is 12.5. The molecule has 0 saturated heterocycles. The summed E-state index contributed by atoms with van der Waals surface area (Å²) in [6.45, 7) is 1.94. The molecular formula is C12H14N4OS. The molecule has 0 aliphatic heterocycles. The lowest BCUT2D eigenvalue weighted by molar-refractivity contribution is 0.0934. The average Bonchev–Trinajstić information content (AvgIpc) is 2.92. The molecule has 1 atom stereocenters. The molecule has 0 aliphatic rings.